The highest BCUT2D eigenvalue weighted by atomic mass is 16.7. The highest BCUT2D eigenvalue weighted by Gasteiger charge is 2.38. The van der Waals surface area contributed by atoms with Crippen LogP contribution >= 0.6 is 0 Å². The lowest BCUT2D eigenvalue weighted by atomic mass is 10.2. The molecule has 0 aliphatic rings. The van der Waals surface area contributed by atoms with Gasteiger partial charge in [-0.05, 0) is 23.3 Å². The minimum absolute atomic E-state index is 0.0630. The van der Waals surface area contributed by atoms with E-state index in [0.29, 0.717) is 0 Å². The van der Waals surface area contributed by atoms with Crippen molar-refractivity contribution in [3.63, 3.8) is 0 Å². The summed E-state index contributed by atoms with van der Waals surface area (Å²) in [6, 6.07) is 26.4. The summed E-state index contributed by atoms with van der Waals surface area (Å²) in [4.78, 5) is 23.4. The van der Waals surface area contributed by atoms with Crippen LogP contribution < -0.4 is 0 Å². The monoisotopic (exact) mass is 407 g/mol. The van der Waals surface area contributed by atoms with Crippen LogP contribution in [-0.4, -0.2) is 23.4 Å². The van der Waals surface area contributed by atoms with E-state index in [0.717, 1.165) is 11.1 Å². The Kier molecular flexibility index (Phi) is 7.65. The molecule has 3 aromatic carbocycles. The summed E-state index contributed by atoms with van der Waals surface area (Å²) in [6.45, 7) is 0.126. The summed E-state index contributed by atoms with van der Waals surface area (Å²) in [6.07, 6.45) is -3.22. The van der Waals surface area contributed by atoms with Crippen LogP contribution in [-0.2, 0) is 27.4 Å². The standard InChI is InChI=1S/C23H21NO6/c25-22(20-14-8-3-9-15-20)30-21(24(26)27)23(28-16-18-10-4-1-5-11-18)29-17-19-12-6-2-7-13-19/h1-15,21,23H,16-17H2. The first-order valence-electron chi connectivity index (χ1n) is 9.34. The quantitative estimate of drug-likeness (QED) is 0.217. The van der Waals surface area contributed by atoms with Gasteiger partial charge in [-0.15, -0.1) is 0 Å². The molecule has 7 heteroatoms. The average Bonchev–Trinajstić information content (AvgIpc) is 2.79. The van der Waals surface area contributed by atoms with Crippen LogP contribution in [0.3, 0.4) is 0 Å². The molecule has 0 spiro atoms. The van der Waals surface area contributed by atoms with Gasteiger partial charge in [-0.1, -0.05) is 78.9 Å². The number of hydrogen-bond donors (Lipinski definition) is 0. The van der Waals surface area contributed by atoms with Crippen LogP contribution in [0.1, 0.15) is 21.5 Å². The van der Waals surface area contributed by atoms with Crippen molar-refractivity contribution < 1.29 is 23.9 Å². The molecule has 0 aromatic heterocycles. The Labute approximate surface area is 174 Å². The van der Waals surface area contributed by atoms with E-state index in [1.165, 1.54) is 12.1 Å². The van der Waals surface area contributed by atoms with Crippen LogP contribution in [0.15, 0.2) is 91.0 Å². The molecule has 0 heterocycles. The van der Waals surface area contributed by atoms with E-state index in [1.807, 2.05) is 60.7 Å². The molecule has 0 aliphatic carbocycles. The predicted octanol–water partition coefficient (Wildman–Crippen LogP) is 4.21. The van der Waals surface area contributed by atoms with Crippen molar-refractivity contribution >= 4 is 5.97 Å². The highest BCUT2D eigenvalue weighted by molar-refractivity contribution is 5.89. The summed E-state index contributed by atoms with van der Waals surface area (Å²) < 4.78 is 16.5. The topological polar surface area (TPSA) is 87.9 Å². The van der Waals surface area contributed by atoms with Gasteiger partial charge in [-0.3, -0.25) is 10.1 Å². The maximum absolute atomic E-state index is 12.4. The number of nitrogens with zero attached hydrogens (tertiary/aromatic N) is 1. The maximum Gasteiger partial charge on any atom is 0.407 e. The Bertz CT molecular complexity index is 890. The second-order valence-corrected chi connectivity index (χ2v) is 6.41. The predicted molar refractivity (Wildman–Crippen MR) is 109 cm³/mol. The third-order valence-electron chi connectivity index (χ3n) is 4.19. The fourth-order valence-electron chi connectivity index (χ4n) is 2.67. The minimum atomic E-state index is -1.83. The average molecular weight is 407 g/mol. The molecular weight excluding hydrogens is 386 g/mol. The van der Waals surface area contributed by atoms with Gasteiger partial charge in [-0.25, -0.2) is 4.79 Å². The Hall–Kier alpha value is -3.55. The van der Waals surface area contributed by atoms with Crippen LogP contribution in [0.2, 0.25) is 0 Å². The summed E-state index contributed by atoms with van der Waals surface area (Å²) in [5, 5.41) is 11.7. The van der Waals surface area contributed by atoms with Crippen LogP contribution in [0.4, 0.5) is 0 Å². The number of hydrogen-bond acceptors (Lipinski definition) is 6. The molecule has 30 heavy (non-hydrogen) atoms. The Morgan fingerprint density at radius 3 is 1.63 bits per heavy atom. The smallest absolute Gasteiger partial charge is 0.390 e. The number of carbonyl (C=O) groups is 1. The molecule has 0 saturated carbocycles. The van der Waals surface area contributed by atoms with Crippen molar-refractivity contribution in [2.24, 2.45) is 0 Å². The van der Waals surface area contributed by atoms with Crippen molar-refractivity contribution in [2.45, 2.75) is 25.7 Å². The zero-order valence-corrected chi connectivity index (χ0v) is 16.1. The van der Waals surface area contributed by atoms with Gasteiger partial charge >= 0.3 is 12.2 Å². The molecule has 0 bridgehead atoms. The first kappa shape index (κ1) is 21.2. The van der Waals surface area contributed by atoms with Crippen molar-refractivity contribution in [1.82, 2.24) is 0 Å². The molecular formula is C23H21NO6. The normalized spacial score (nSPS) is 11.8. The van der Waals surface area contributed by atoms with Crippen molar-refractivity contribution in [3.8, 4) is 0 Å². The van der Waals surface area contributed by atoms with E-state index in [4.69, 9.17) is 14.2 Å². The lowest BCUT2D eigenvalue weighted by Gasteiger charge is -2.21. The Balaban J connectivity index is 1.75. The molecule has 154 valence electrons. The number of rotatable bonds is 10. The molecule has 3 aromatic rings. The second-order valence-electron chi connectivity index (χ2n) is 6.41. The summed E-state index contributed by atoms with van der Waals surface area (Å²) in [7, 11) is 0. The largest absolute Gasteiger partial charge is 0.407 e. The highest BCUT2D eigenvalue weighted by Crippen LogP contribution is 2.16. The molecule has 0 aliphatic heterocycles. The van der Waals surface area contributed by atoms with Gasteiger partial charge in [0, 0.05) is 0 Å². The lowest BCUT2D eigenvalue weighted by Crippen LogP contribution is -2.41. The fourth-order valence-corrected chi connectivity index (χ4v) is 2.67. The molecule has 0 radical (unpaired) electrons. The lowest BCUT2D eigenvalue weighted by molar-refractivity contribution is -0.595. The third-order valence-corrected chi connectivity index (χ3v) is 4.19. The molecule has 3 rings (SSSR count). The number of ether oxygens (including phenoxy) is 3. The van der Waals surface area contributed by atoms with E-state index < -0.39 is 23.4 Å². The zero-order chi connectivity index (χ0) is 21.2. The van der Waals surface area contributed by atoms with Gasteiger partial charge in [0.2, 0.25) is 0 Å². The van der Waals surface area contributed by atoms with E-state index in [9.17, 15) is 14.9 Å². The van der Waals surface area contributed by atoms with Gasteiger partial charge in [0.15, 0.2) is 0 Å². The molecule has 0 fully saturated rings. The van der Waals surface area contributed by atoms with E-state index in [2.05, 4.69) is 0 Å². The number of nitro groups is 1. The SMILES string of the molecule is O=C(OC(C(OCc1ccccc1)OCc1ccccc1)[N+](=O)[O-])c1ccccc1. The van der Waals surface area contributed by atoms with Crippen LogP contribution in [0.5, 0.6) is 0 Å². The molecule has 0 amide bonds. The fraction of sp³-hybridized carbons (Fsp3) is 0.174. The zero-order valence-electron chi connectivity index (χ0n) is 16.1. The van der Waals surface area contributed by atoms with E-state index in [1.54, 1.807) is 18.2 Å². The number of carbonyl (C=O) groups excluding carboxylic acids is 1. The molecule has 7 nitrogen and oxygen atoms in total. The summed E-state index contributed by atoms with van der Waals surface area (Å²) in [5.74, 6) is -0.825. The van der Waals surface area contributed by atoms with Gasteiger partial charge in [-0.2, -0.15) is 0 Å². The molecule has 0 N–H and O–H groups in total. The van der Waals surface area contributed by atoms with Crippen molar-refractivity contribution in [3.05, 3.63) is 118 Å². The second kappa shape index (κ2) is 10.8. The van der Waals surface area contributed by atoms with E-state index >= 15 is 0 Å². The van der Waals surface area contributed by atoms with Gasteiger partial charge in [0.25, 0.3) is 6.29 Å². The molecule has 1 unspecified atom stereocenters. The first-order valence-corrected chi connectivity index (χ1v) is 9.34. The van der Waals surface area contributed by atoms with Gasteiger partial charge in [0.05, 0.1) is 23.7 Å². The van der Waals surface area contributed by atoms with Crippen molar-refractivity contribution in [1.29, 1.82) is 0 Å². The van der Waals surface area contributed by atoms with Crippen LogP contribution in [0.25, 0.3) is 0 Å². The minimum Gasteiger partial charge on any atom is -0.390 e. The number of esters is 1. The molecule has 1 atom stereocenters. The number of benzene rings is 3. The van der Waals surface area contributed by atoms with Crippen LogP contribution in [0, 0.1) is 10.1 Å². The van der Waals surface area contributed by atoms with E-state index in [-0.39, 0.29) is 18.8 Å². The third kappa shape index (κ3) is 6.23. The Morgan fingerprint density at radius 2 is 1.20 bits per heavy atom. The van der Waals surface area contributed by atoms with Crippen molar-refractivity contribution in [2.75, 3.05) is 0 Å². The Morgan fingerprint density at radius 1 is 0.767 bits per heavy atom. The summed E-state index contributed by atoms with van der Waals surface area (Å²) in [5.41, 5.74) is 1.82. The molecule has 0 saturated heterocycles. The van der Waals surface area contributed by atoms with Gasteiger partial charge < -0.3 is 14.2 Å². The maximum atomic E-state index is 12.4. The first-order chi connectivity index (χ1) is 14.6. The summed E-state index contributed by atoms with van der Waals surface area (Å²) >= 11 is 0. The van der Waals surface area contributed by atoms with Gasteiger partial charge in [0.1, 0.15) is 0 Å².